The Kier molecular flexibility index (Phi) is 41.9. The predicted molar refractivity (Wildman–Crippen MR) is 229 cm³/mol. The monoisotopic (exact) mass is 761 g/mol. The van der Waals surface area contributed by atoms with Gasteiger partial charge in [-0.2, -0.15) is 0 Å². The fraction of sp³-hybridized carbons (Fsp3) is 0.854. The number of carbonyl (C=O) groups excluding carboxylic acids is 3. The molecule has 0 aromatic heterocycles. The van der Waals surface area contributed by atoms with Crippen molar-refractivity contribution in [3.05, 3.63) is 24.3 Å². The van der Waals surface area contributed by atoms with Crippen LogP contribution >= 0.6 is 0 Å². The lowest BCUT2D eigenvalue weighted by molar-refractivity contribution is -0.167. The fourth-order valence-electron chi connectivity index (χ4n) is 6.59. The zero-order valence-electron chi connectivity index (χ0n) is 36.0. The second-order valence-corrected chi connectivity index (χ2v) is 15.7. The summed E-state index contributed by atoms with van der Waals surface area (Å²) in [5, 5.41) is 0. The molecule has 316 valence electrons. The topological polar surface area (TPSA) is 78.9 Å². The molecule has 0 amide bonds. The smallest absolute Gasteiger partial charge is 0.306 e. The molecular formula is C48H88O6. The largest absolute Gasteiger partial charge is 0.462 e. The minimum atomic E-state index is -0.772. The number of hydrogen-bond donors (Lipinski definition) is 0. The standard InChI is InChI=1S/C48H88O6/c1-4-7-10-13-16-19-22-23-24-25-27-29-32-35-38-41-47(50)53-44-45(43-52-46(49)40-37-34-31-28-21-18-15-12-9-6-3)54-48(51)42-39-36-33-30-26-20-17-14-11-8-5-2/h14,17,23-24,45H,4-13,15-16,18-22,25-44H2,1-3H3/b17-14-,24-23-/t45-/m1/s1. The molecule has 6 heteroatoms. The highest BCUT2D eigenvalue weighted by atomic mass is 16.6. The third-order valence-electron chi connectivity index (χ3n) is 10.2. The van der Waals surface area contributed by atoms with Crippen LogP contribution in [0.25, 0.3) is 0 Å². The second kappa shape index (κ2) is 43.6. The highest BCUT2D eigenvalue weighted by Crippen LogP contribution is 2.14. The fourth-order valence-corrected chi connectivity index (χ4v) is 6.59. The van der Waals surface area contributed by atoms with Crippen LogP contribution < -0.4 is 0 Å². The van der Waals surface area contributed by atoms with Crippen molar-refractivity contribution in [2.24, 2.45) is 0 Å². The molecular weight excluding hydrogens is 673 g/mol. The van der Waals surface area contributed by atoms with Crippen molar-refractivity contribution in [3.8, 4) is 0 Å². The number of unbranched alkanes of at least 4 members (excludes halogenated alkanes) is 27. The molecule has 0 radical (unpaired) electrons. The summed E-state index contributed by atoms with van der Waals surface area (Å²) < 4.78 is 16.7. The minimum Gasteiger partial charge on any atom is -0.462 e. The zero-order valence-corrected chi connectivity index (χ0v) is 36.0. The van der Waals surface area contributed by atoms with Gasteiger partial charge in [-0.25, -0.2) is 0 Å². The van der Waals surface area contributed by atoms with Gasteiger partial charge >= 0.3 is 17.9 Å². The van der Waals surface area contributed by atoms with Crippen LogP contribution in [-0.2, 0) is 28.6 Å². The van der Waals surface area contributed by atoms with Gasteiger partial charge < -0.3 is 14.2 Å². The van der Waals surface area contributed by atoms with E-state index in [4.69, 9.17) is 14.2 Å². The van der Waals surface area contributed by atoms with Crippen LogP contribution in [0.3, 0.4) is 0 Å². The van der Waals surface area contributed by atoms with E-state index in [1.807, 2.05) is 0 Å². The Morgan fingerprint density at radius 2 is 0.630 bits per heavy atom. The second-order valence-electron chi connectivity index (χ2n) is 15.7. The summed E-state index contributed by atoms with van der Waals surface area (Å²) in [4.78, 5) is 37.7. The Morgan fingerprint density at radius 3 is 0.981 bits per heavy atom. The average molecular weight is 761 g/mol. The van der Waals surface area contributed by atoms with E-state index in [0.717, 1.165) is 77.0 Å². The highest BCUT2D eigenvalue weighted by molar-refractivity contribution is 5.71. The van der Waals surface area contributed by atoms with Gasteiger partial charge in [0.05, 0.1) is 0 Å². The van der Waals surface area contributed by atoms with Crippen molar-refractivity contribution < 1.29 is 28.6 Å². The van der Waals surface area contributed by atoms with Crippen LogP contribution in [-0.4, -0.2) is 37.2 Å². The number of carbonyl (C=O) groups is 3. The third-order valence-corrected chi connectivity index (χ3v) is 10.2. The van der Waals surface area contributed by atoms with E-state index < -0.39 is 6.10 Å². The SMILES string of the molecule is CCCC/C=C\CCCCCCCC(=O)O[C@@H](COC(=O)CCCCCCC/C=C\CCCCCCCC)COC(=O)CCCCCCCCCCCC. The lowest BCUT2D eigenvalue weighted by atomic mass is 10.1. The van der Waals surface area contributed by atoms with Crippen LogP contribution in [0.15, 0.2) is 24.3 Å². The molecule has 0 aliphatic heterocycles. The number of ether oxygens (including phenoxy) is 3. The molecule has 0 aliphatic carbocycles. The van der Waals surface area contributed by atoms with Gasteiger partial charge in [-0.3, -0.25) is 14.4 Å². The first-order valence-corrected chi connectivity index (χ1v) is 23.3. The van der Waals surface area contributed by atoms with E-state index in [-0.39, 0.29) is 31.1 Å². The minimum absolute atomic E-state index is 0.0746. The first-order chi connectivity index (χ1) is 26.5. The lowest BCUT2D eigenvalue weighted by Gasteiger charge is -2.18. The molecule has 0 N–H and O–H groups in total. The number of esters is 3. The maximum Gasteiger partial charge on any atom is 0.306 e. The van der Waals surface area contributed by atoms with E-state index >= 15 is 0 Å². The van der Waals surface area contributed by atoms with E-state index in [0.29, 0.717) is 19.3 Å². The summed E-state index contributed by atoms with van der Waals surface area (Å²) in [6.45, 7) is 6.57. The van der Waals surface area contributed by atoms with Crippen LogP contribution in [0.4, 0.5) is 0 Å². The van der Waals surface area contributed by atoms with Crippen LogP contribution in [0, 0.1) is 0 Å². The molecule has 0 aromatic rings. The van der Waals surface area contributed by atoms with Gasteiger partial charge in [-0.05, 0) is 64.2 Å². The third kappa shape index (κ3) is 41.1. The molecule has 1 atom stereocenters. The Labute approximate surface area is 334 Å². The predicted octanol–water partition coefficient (Wildman–Crippen LogP) is 14.8. The van der Waals surface area contributed by atoms with Crippen molar-refractivity contribution in [1.82, 2.24) is 0 Å². The molecule has 0 unspecified atom stereocenters. The Morgan fingerprint density at radius 1 is 0.352 bits per heavy atom. The summed E-state index contributed by atoms with van der Waals surface area (Å²) in [6.07, 6.45) is 47.3. The van der Waals surface area contributed by atoms with Gasteiger partial charge in [0, 0.05) is 19.3 Å². The molecule has 0 heterocycles. The van der Waals surface area contributed by atoms with Crippen molar-refractivity contribution in [3.63, 3.8) is 0 Å². The van der Waals surface area contributed by atoms with Crippen LogP contribution in [0.1, 0.15) is 245 Å². The Bertz CT molecular complexity index is 880. The number of hydrogen-bond acceptors (Lipinski definition) is 6. The van der Waals surface area contributed by atoms with Crippen molar-refractivity contribution in [2.75, 3.05) is 13.2 Å². The number of rotatable bonds is 42. The lowest BCUT2D eigenvalue weighted by Crippen LogP contribution is -2.30. The normalized spacial score (nSPS) is 12.1. The summed E-state index contributed by atoms with van der Waals surface area (Å²) in [7, 11) is 0. The maximum atomic E-state index is 12.7. The van der Waals surface area contributed by atoms with Gasteiger partial charge in [0.15, 0.2) is 6.10 Å². The van der Waals surface area contributed by atoms with E-state index in [1.165, 1.54) is 128 Å². The summed E-state index contributed by atoms with van der Waals surface area (Å²) in [5.41, 5.74) is 0. The van der Waals surface area contributed by atoms with E-state index in [1.54, 1.807) is 0 Å². The molecule has 0 bridgehead atoms. The Balaban J connectivity index is 4.35. The Hall–Kier alpha value is -2.11. The summed E-state index contributed by atoms with van der Waals surface area (Å²) >= 11 is 0. The van der Waals surface area contributed by atoms with E-state index in [9.17, 15) is 14.4 Å². The molecule has 0 aliphatic rings. The molecule has 0 spiro atoms. The van der Waals surface area contributed by atoms with Gasteiger partial charge in [-0.15, -0.1) is 0 Å². The summed E-state index contributed by atoms with van der Waals surface area (Å²) in [6, 6.07) is 0. The molecule has 6 nitrogen and oxygen atoms in total. The molecule has 0 aromatic carbocycles. The molecule has 54 heavy (non-hydrogen) atoms. The van der Waals surface area contributed by atoms with Gasteiger partial charge in [0.1, 0.15) is 13.2 Å². The molecule has 0 rings (SSSR count). The first-order valence-electron chi connectivity index (χ1n) is 23.3. The van der Waals surface area contributed by atoms with Crippen molar-refractivity contribution in [2.45, 2.75) is 252 Å². The van der Waals surface area contributed by atoms with Gasteiger partial charge in [-0.1, -0.05) is 186 Å². The zero-order chi connectivity index (χ0) is 39.4. The molecule has 0 saturated carbocycles. The molecule has 0 fully saturated rings. The number of allylic oxidation sites excluding steroid dienone is 4. The first kappa shape index (κ1) is 51.9. The van der Waals surface area contributed by atoms with Crippen molar-refractivity contribution >= 4 is 17.9 Å². The quantitative estimate of drug-likeness (QED) is 0.0267. The van der Waals surface area contributed by atoms with E-state index in [2.05, 4.69) is 45.1 Å². The van der Waals surface area contributed by atoms with Gasteiger partial charge in [0.25, 0.3) is 0 Å². The van der Waals surface area contributed by atoms with Gasteiger partial charge in [0.2, 0.25) is 0 Å². The molecule has 0 saturated heterocycles. The van der Waals surface area contributed by atoms with Crippen LogP contribution in [0.2, 0.25) is 0 Å². The maximum absolute atomic E-state index is 12.7. The summed E-state index contributed by atoms with van der Waals surface area (Å²) in [5.74, 6) is -0.890. The van der Waals surface area contributed by atoms with Crippen molar-refractivity contribution in [1.29, 1.82) is 0 Å². The average Bonchev–Trinajstić information content (AvgIpc) is 3.17. The van der Waals surface area contributed by atoms with Crippen LogP contribution in [0.5, 0.6) is 0 Å². The highest BCUT2D eigenvalue weighted by Gasteiger charge is 2.19.